The topological polar surface area (TPSA) is 89.3 Å². The smallest absolute Gasteiger partial charge is 0.224 e. The molecule has 0 bridgehead atoms. The summed E-state index contributed by atoms with van der Waals surface area (Å²) in [5.41, 5.74) is 8.20. The van der Waals surface area contributed by atoms with Gasteiger partial charge in [0.2, 0.25) is 5.91 Å². The van der Waals surface area contributed by atoms with E-state index in [0.29, 0.717) is 12.1 Å². The molecular formula is C16H24N2O3S. The first-order chi connectivity index (χ1) is 10.3. The third-order valence-electron chi connectivity index (χ3n) is 4.30. The zero-order valence-electron chi connectivity index (χ0n) is 13.1. The van der Waals surface area contributed by atoms with Gasteiger partial charge in [-0.3, -0.25) is 4.79 Å². The second-order valence-electron chi connectivity index (χ2n) is 6.27. The van der Waals surface area contributed by atoms with Gasteiger partial charge in [0.25, 0.3) is 0 Å². The largest absolute Gasteiger partial charge is 0.327 e. The molecule has 6 heteroatoms. The van der Waals surface area contributed by atoms with Crippen molar-refractivity contribution < 1.29 is 13.2 Å². The fourth-order valence-electron chi connectivity index (χ4n) is 3.02. The summed E-state index contributed by atoms with van der Waals surface area (Å²) in [5.74, 6) is 0.178. The summed E-state index contributed by atoms with van der Waals surface area (Å²) < 4.78 is 22.9. The molecule has 0 radical (unpaired) electrons. The molecule has 0 spiro atoms. The quantitative estimate of drug-likeness (QED) is 0.867. The van der Waals surface area contributed by atoms with Crippen molar-refractivity contribution in [3.8, 4) is 0 Å². The maximum absolute atomic E-state index is 12.2. The molecule has 1 saturated carbocycles. The molecule has 1 aromatic rings. The minimum Gasteiger partial charge on any atom is -0.327 e. The SMILES string of the molecule is Cc1c(CS(C)(=O)=O)cccc1NC(=O)C[C@@H]1CCC[C@H]1N. The second-order valence-corrected chi connectivity index (χ2v) is 8.41. The van der Waals surface area contributed by atoms with Gasteiger partial charge >= 0.3 is 0 Å². The van der Waals surface area contributed by atoms with Gasteiger partial charge in [0.05, 0.1) is 5.75 Å². The fraction of sp³-hybridized carbons (Fsp3) is 0.562. The normalized spacial score (nSPS) is 21.8. The predicted octanol–water partition coefficient (Wildman–Crippen LogP) is 2.00. The number of carbonyl (C=O) groups is 1. The molecule has 0 heterocycles. The van der Waals surface area contributed by atoms with Crippen LogP contribution in [0, 0.1) is 12.8 Å². The number of sulfone groups is 1. The minimum atomic E-state index is -3.10. The molecule has 1 aliphatic rings. The maximum atomic E-state index is 12.2. The number of rotatable bonds is 5. The van der Waals surface area contributed by atoms with Crippen LogP contribution in [0.2, 0.25) is 0 Å². The van der Waals surface area contributed by atoms with Gasteiger partial charge in [-0.2, -0.15) is 0 Å². The molecule has 1 aromatic carbocycles. The van der Waals surface area contributed by atoms with E-state index >= 15 is 0 Å². The van der Waals surface area contributed by atoms with E-state index in [0.717, 1.165) is 30.4 Å². The molecule has 1 aliphatic carbocycles. The van der Waals surface area contributed by atoms with Crippen LogP contribution >= 0.6 is 0 Å². The summed E-state index contributed by atoms with van der Waals surface area (Å²) in [7, 11) is -3.10. The van der Waals surface area contributed by atoms with E-state index < -0.39 is 9.84 Å². The number of amides is 1. The summed E-state index contributed by atoms with van der Waals surface area (Å²) in [5, 5.41) is 2.89. The predicted molar refractivity (Wildman–Crippen MR) is 88.3 cm³/mol. The van der Waals surface area contributed by atoms with Gasteiger partial charge in [0, 0.05) is 24.4 Å². The average Bonchev–Trinajstić information content (AvgIpc) is 2.78. The van der Waals surface area contributed by atoms with Gasteiger partial charge in [0.15, 0.2) is 9.84 Å². The highest BCUT2D eigenvalue weighted by Gasteiger charge is 2.26. The Kier molecular flexibility index (Phi) is 5.24. The van der Waals surface area contributed by atoms with Crippen LogP contribution in [-0.4, -0.2) is 26.6 Å². The Morgan fingerprint density at radius 1 is 1.36 bits per heavy atom. The van der Waals surface area contributed by atoms with Gasteiger partial charge < -0.3 is 11.1 Å². The summed E-state index contributed by atoms with van der Waals surface area (Å²) in [6, 6.07) is 5.46. The minimum absolute atomic E-state index is 0.0178. The van der Waals surface area contributed by atoms with Crippen molar-refractivity contribution in [2.75, 3.05) is 11.6 Å². The molecule has 2 rings (SSSR count). The Morgan fingerprint density at radius 3 is 2.68 bits per heavy atom. The van der Waals surface area contributed by atoms with E-state index in [9.17, 15) is 13.2 Å². The molecule has 22 heavy (non-hydrogen) atoms. The van der Waals surface area contributed by atoms with Crippen molar-refractivity contribution in [2.24, 2.45) is 11.7 Å². The first-order valence-electron chi connectivity index (χ1n) is 7.58. The van der Waals surface area contributed by atoms with Crippen molar-refractivity contribution >= 4 is 21.4 Å². The second kappa shape index (κ2) is 6.79. The van der Waals surface area contributed by atoms with Crippen LogP contribution < -0.4 is 11.1 Å². The van der Waals surface area contributed by atoms with Crippen LogP contribution in [0.5, 0.6) is 0 Å². The summed E-state index contributed by atoms with van der Waals surface area (Å²) >= 11 is 0. The first-order valence-corrected chi connectivity index (χ1v) is 9.64. The van der Waals surface area contributed by atoms with Gasteiger partial charge in [0.1, 0.15) is 0 Å². The Bertz CT molecular complexity index is 655. The van der Waals surface area contributed by atoms with Crippen molar-refractivity contribution in [1.82, 2.24) is 0 Å². The number of nitrogens with one attached hydrogen (secondary N) is 1. The van der Waals surface area contributed by atoms with Crippen LogP contribution in [0.1, 0.15) is 36.8 Å². The van der Waals surface area contributed by atoms with Crippen molar-refractivity contribution in [3.05, 3.63) is 29.3 Å². The molecule has 1 fully saturated rings. The number of anilines is 1. The monoisotopic (exact) mass is 324 g/mol. The van der Waals surface area contributed by atoms with Crippen LogP contribution in [0.3, 0.4) is 0 Å². The van der Waals surface area contributed by atoms with E-state index in [1.165, 1.54) is 6.26 Å². The van der Waals surface area contributed by atoms with Gasteiger partial charge in [-0.1, -0.05) is 18.6 Å². The number of carbonyl (C=O) groups excluding carboxylic acids is 1. The average molecular weight is 324 g/mol. The third-order valence-corrected chi connectivity index (χ3v) is 5.14. The lowest BCUT2D eigenvalue weighted by Gasteiger charge is -2.16. The highest BCUT2D eigenvalue weighted by molar-refractivity contribution is 7.89. The molecule has 5 nitrogen and oxygen atoms in total. The molecule has 2 atom stereocenters. The van der Waals surface area contributed by atoms with Crippen LogP contribution in [0.4, 0.5) is 5.69 Å². The Labute approximate surface area is 132 Å². The fourth-order valence-corrected chi connectivity index (χ4v) is 3.89. The molecular weight excluding hydrogens is 300 g/mol. The Balaban J connectivity index is 2.06. The zero-order chi connectivity index (χ0) is 16.3. The summed E-state index contributed by atoms with van der Waals surface area (Å²) in [6.45, 7) is 1.83. The summed E-state index contributed by atoms with van der Waals surface area (Å²) in [4.78, 5) is 12.2. The van der Waals surface area contributed by atoms with E-state index in [1.807, 2.05) is 6.92 Å². The van der Waals surface area contributed by atoms with Crippen LogP contribution in [0.25, 0.3) is 0 Å². The molecule has 0 aliphatic heterocycles. The third kappa shape index (κ3) is 4.55. The Hall–Kier alpha value is -1.40. The van der Waals surface area contributed by atoms with E-state index in [-0.39, 0.29) is 23.6 Å². The molecule has 0 saturated heterocycles. The standard InChI is InChI=1S/C16H24N2O3S/c1-11-13(10-22(2,20)21)6-4-8-15(11)18-16(19)9-12-5-3-7-14(12)17/h4,6,8,12,14H,3,5,7,9-10,17H2,1-2H3,(H,18,19)/t12-,14+/m0/s1. The van der Waals surface area contributed by atoms with Crippen molar-refractivity contribution in [2.45, 2.75) is 44.4 Å². The molecule has 122 valence electrons. The van der Waals surface area contributed by atoms with E-state index in [4.69, 9.17) is 5.73 Å². The number of hydrogen-bond acceptors (Lipinski definition) is 4. The Morgan fingerprint density at radius 2 is 2.09 bits per heavy atom. The lowest BCUT2D eigenvalue weighted by Crippen LogP contribution is -2.28. The van der Waals surface area contributed by atoms with E-state index in [2.05, 4.69) is 5.32 Å². The van der Waals surface area contributed by atoms with Crippen molar-refractivity contribution in [1.29, 1.82) is 0 Å². The van der Waals surface area contributed by atoms with Gasteiger partial charge in [-0.25, -0.2) is 8.42 Å². The van der Waals surface area contributed by atoms with Crippen LogP contribution in [0.15, 0.2) is 18.2 Å². The van der Waals surface area contributed by atoms with Gasteiger partial charge in [-0.05, 0) is 42.9 Å². The number of hydrogen-bond donors (Lipinski definition) is 2. The lowest BCUT2D eigenvalue weighted by molar-refractivity contribution is -0.117. The highest BCUT2D eigenvalue weighted by Crippen LogP contribution is 2.28. The number of nitrogens with two attached hydrogens (primary N) is 1. The van der Waals surface area contributed by atoms with Gasteiger partial charge in [-0.15, -0.1) is 0 Å². The molecule has 1 amide bonds. The zero-order valence-corrected chi connectivity index (χ0v) is 13.9. The number of benzene rings is 1. The van der Waals surface area contributed by atoms with Crippen molar-refractivity contribution in [3.63, 3.8) is 0 Å². The maximum Gasteiger partial charge on any atom is 0.224 e. The molecule has 0 aromatic heterocycles. The molecule has 3 N–H and O–H groups in total. The summed E-state index contributed by atoms with van der Waals surface area (Å²) in [6.07, 6.45) is 4.71. The van der Waals surface area contributed by atoms with Crippen LogP contribution in [-0.2, 0) is 20.4 Å². The first kappa shape index (κ1) is 17.0. The van der Waals surface area contributed by atoms with E-state index in [1.54, 1.807) is 18.2 Å². The highest BCUT2D eigenvalue weighted by atomic mass is 32.2. The lowest BCUT2D eigenvalue weighted by atomic mass is 9.99. The molecule has 0 unspecified atom stereocenters.